The Hall–Kier alpha value is -3.75. The summed E-state index contributed by atoms with van der Waals surface area (Å²) in [5.41, 5.74) is 3.18. The van der Waals surface area contributed by atoms with Crippen molar-refractivity contribution < 1.29 is 19.3 Å². The van der Waals surface area contributed by atoms with Crippen LogP contribution in [0.25, 0.3) is 0 Å². The molecule has 1 aliphatic heterocycles. The molecule has 0 saturated carbocycles. The second-order valence-electron chi connectivity index (χ2n) is 7.95. The van der Waals surface area contributed by atoms with E-state index in [1.54, 1.807) is 6.92 Å². The Balaban J connectivity index is 1.63. The lowest BCUT2D eigenvalue weighted by Crippen LogP contribution is -2.47. The summed E-state index contributed by atoms with van der Waals surface area (Å²) in [5, 5.41) is 16.4. The number of nitro groups is 1. The minimum Gasteiger partial charge on any atom is -0.345 e. The fourth-order valence-corrected chi connectivity index (χ4v) is 3.92. The van der Waals surface area contributed by atoms with Gasteiger partial charge in [0, 0.05) is 29.4 Å². The van der Waals surface area contributed by atoms with E-state index in [1.165, 1.54) is 23.1 Å². The van der Waals surface area contributed by atoms with E-state index in [9.17, 15) is 24.5 Å². The lowest BCUT2D eigenvalue weighted by Gasteiger charge is -2.24. The molecule has 1 heterocycles. The maximum atomic E-state index is 12.9. The van der Waals surface area contributed by atoms with Gasteiger partial charge in [-0.05, 0) is 56.9 Å². The highest BCUT2D eigenvalue weighted by Gasteiger charge is 2.35. The number of para-hydroxylation sites is 1. The van der Waals surface area contributed by atoms with Crippen molar-refractivity contribution in [2.24, 2.45) is 0 Å². The summed E-state index contributed by atoms with van der Waals surface area (Å²) in [6.07, 6.45) is 1.15. The average molecular weight is 438 g/mol. The number of likely N-dealkylation sites (tertiary alicyclic amines) is 1. The first-order valence-corrected chi connectivity index (χ1v) is 10.4. The molecular weight excluding hydrogens is 412 g/mol. The molecule has 1 fully saturated rings. The number of nitrogens with one attached hydrogen (secondary N) is 2. The normalized spacial score (nSPS) is 15.3. The Morgan fingerprint density at radius 3 is 2.41 bits per heavy atom. The molecule has 9 nitrogen and oxygen atoms in total. The summed E-state index contributed by atoms with van der Waals surface area (Å²) in [7, 11) is 0. The molecule has 3 amide bonds. The van der Waals surface area contributed by atoms with E-state index in [-0.39, 0.29) is 24.0 Å². The number of nitrogens with zero attached hydrogens (tertiary/aromatic N) is 2. The summed E-state index contributed by atoms with van der Waals surface area (Å²) in [6, 6.07) is 9.16. The summed E-state index contributed by atoms with van der Waals surface area (Å²) in [5.74, 6) is -1.11. The fourth-order valence-electron chi connectivity index (χ4n) is 3.92. The molecule has 0 radical (unpaired) electrons. The van der Waals surface area contributed by atoms with Crippen LogP contribution < -0.4 is 10.6 Å². The van der Waals surface area contributed by atoms with E-state index in [2.05, 4.69) is 10.6 Å². The maximum absolute atomic E-state index is 12.9. The SMILES string of the molecule is Cc1cc(C(=O)N2CCCC2C(=O)NCC(=O)Nc2c(C)cccc2C)ccc1[N+](=O)[O-]. The van der Waals surface area contributed by atoms with Crippen molar-refractivity contribution in [1.82, 2.24) is 10.2 Å². The average Bonchev–Trinajstić information content (AvgIpc) is 3.24. The lowest BCUT2D eigenvalue weighted by molar-refractivity contribution is -0.385. The molecule has 2 aromatic carbocycles. The first-order valence-electron chi connectivity index (χ1n) is 10.4. The van der Waals surface area contributed by atoms with Crippen molar-refractivity contribution in [3.8, 4) is 0 Å². The van der Waals surface area contributed by atoms with Crippen LogP contribution in [0.4, 0.5) is 11.4 Å². The van der Waals surface area contributed by atoms with Gasteiger partial charge in [-0.1, -0.05) is 18.2 Å². The molecule has 9 heteroatoms. The van der Waals surface area contributed by atoms with Crippen LogP contribution in [-0.2, 0) is 9.59 Å². The van der Waals surface area contributed by atoms with Gasteiger partial charge in [-0.15, -0.1) is 0 Å². The molecule has 3 rings (SSSR count). The molecule has 1 saturated heterocycles. The number of amides is 3. The van der Waals surface area contributed by atoms with Gasteiger partial charge in [0.05, 0.1) is 11.5 Å². The van der Waals surface area contributed by atoms with Gasteiger partial charge in [0.15, 0.2) is 0 Å². The van der Waals surface area contributed by atoms with E-state index in [1.807, 2.05) is 32.0 Å². The number of nitro benzene ring substituents is 1. The monoisotopic (exact) mass is 438 g/mol. The predicted molar refractivity (Wildman–Crippen MR) is 119 cm³/mol. The molecular formula is C23H26N4O5. The molecule has 0 spiro atoms. The van der Waals surface area contributed by atoms with E-state index < -0.39 is 16.9 Å². The molecule has 1 unspecified atom stereocenters. The zero-order chi connectivity index (χ0) is 23.4. The predicted octanol–water partition coefficient (Wildman–Crippen LogP) is 2.88. The van der Waals surface area contributed by atoms with Crippen molar-refractivity contribution in [3.63, 3.8) is 0 Å². The summed E-state index contributed by atoms with van der Waals surface area (Å²) in [4.78, 5) is 50.0. The van der Waals surface area contributed by atoms with Crippen LogP contribution in [0.5, 0.6) is 0 Å². The highest BCUT2D eigenvalue weighted by atomic mass is 16.6. The zero-order valence-corrected chi connectivity index (χ0v) is 18.3. The van der Waals surface area contributed by atoms with Crippen LogP contribution in [0.15, 0.2) is 36.4 Å². The molecule has 32 heavy (non-hydrogen) atoms. The van der Waals surface area contributed by atoms with Crippen LogP contribution in [0.3, 0.4) is 0 Å². The molecule has 168 valence electrons. The van der Waals surface area contributed by atoms with Gasteiger partial charge in [-0.25, -0.2) is 0 Å². The van der Waals surface area contributed by atoms with E-state index in [4.69, 9.17) is 0 Å². The second-order valence-corrected chi connectivity index (χ2v) is 7.95. The Labute approximate surface area is 185 Å². The van der Waals surface area contributed by atoms with Gasteiger partial charge in [-0.3, -0.25) is 24.5 Å². The fraction of sp³-hybridized carbons (Fsp3) is 0.348. The lowest BCUT2D eigenvalue weighted by atomic mass is 10.1. The van der Waals surface area contributed by atoms with Gasteiger partial charge in [0.25, 0.3) is 11.6 Å². The summed E-state index contributed by atoms with van der Waals surface area (Å²) < 4.78 is 0. The molecule has 1 aliphatic rings. The largest absolute Gasteiger partial charge is 0.345 e. The minimum absolute atomic E-state index is 0.0628. The number of carbonyl (C=O) groups excluding carboxylic acids is 3. The minimum atomic E-state index is -0.689. The number of rotatable bonds is 6. The standard InChI is InChI=1S/C23H26N4O5/c1-14-6-4-7-15(2)21(14)25-20(28)13-24-22(29)19-8-5-11-26(19)23(30)17-9-10-18(27(31)32)16(3)12-17/h4,6-7,9-10,12,19H,5,8,11,13H2,1-3H3,(H,24,29)(H,25,28). The summed E-state index contributed by atoms with van der Waals surface area (Å²) in [6.45, 7) is 5.55. The smallest absolute Gasteiger partial charge is 0.272 e. The Morgan fingerprint density at radius 2 is 1.78 bits per heavy atom. The van der Waals surface area contributed by atoms with Crippen molar-refractivity contribution >= 4 is 29.1 Å². The molecule has 0 aliphatic carbocycles. The van der Waals surface area contributed by atoms with Crippen molar-refractivity contribution in [3.05, 3.63) is 68.8 Å². The van der Waals surface area contributed by atoms with Crippen LogP contribution >= 0.6 is 0 Å². The number of carbonyl (C=O) groups is 3. The highest BCUT2D eigenvalue weighted by Crippen LogP contribution is 2.24. The first kappa shape index (κ1) is 22.9. The first-order chi connectivity index (χ1) is 15.2. The number of benzene rings is 2. The maximum Gasteiger partial charge on any atom is 0.272 e. The molecule has 1 atom stereocenters. The molecule has 2 N–H and O–H groups in total. The van der Waals surface area contributed by atoms with E-state index >= 15 is 0 Å². The second kappa shape index (κ2) is 9.59. The van der Waals surface area contributed by atoms with Gasteiger partial charge in [0.2, 0.25) is 11.8 Å². The van der Waals surface area contributed by atoms with Gasteiger partial charge < -0.3 is 15.5 Å². The highest BCUT2D eigenvalue weighted by molar-refractivity contribution is 6.00. The topological polar surface area (TPSA) is 122 Å². The summed E-state index contributed by atoms with van der Waals surface area (Å²) >= 11 is 0. The molecule has 0 aromatic heterocycles. The Kier molecular flexibility index (Phi) is 6.87. The third kappa shape index (κ3) is 4.93. The van der Waals surface area contributed by atoms with Gasteiger partial charge in [-0.2, -0.15) is 0 Å². The van der Waals surface area contributed by atoms with Crippen molar-refractivity contribution in [1.29, 1.82) is 0 Å². The van der Waals surface area contributed by atoms with E-state index in [0.29, 0.717) is 30.5 Å². The van der Waals surface area contributed by atoms with Crippen LogP contribution in [0, 0.1) is 30.9 Å². The molecule has 2 aromatic rings. The number of anilines is 1. The quantitative estimate of drug-likeness (QED) is 0.531. The van der Waals surface area contributed by atoms with Crippen LogP contribution in [-0.4, -0.2) is 46.7 Å². The number of hydrogen-bond acceptors (Lipinski definition) is 5. The Bertz CT molecular complexity index is 1060. The Morgan fingerprint density at radius 1 is 1.09 bits per heavy atom. The van der Waals surface area contributed by atoms with Crippen LogP contribution in [0.1, 0.15) is 39.9 Å². The van der Waals surface area contributed by atoms with E-state index in [0.717, 1.165) is 16.8 Å². The number of aryl methyl sites for hydroxylation is 3. The zero-order valence-electron chi connectivity index (χ0n) is 18.3. The third-order valence-electron chi connectivity index (χ3n) is 5.63. The molecule has 0 bridgehead atoms. The van der Waals surface area contributed by atoms with Crippen molar-refractivity contribution in [2.75, 3.05) is 18.4 Å². The van der Waals surface area contributed by atoms with Gasteiger partial charge >= 0.3 is 0 Å². The van der Waals surface area contributed by atoms with Gasteiger partial charge in [0.1, 0.15) is 6.04 Å². The third-order valence-corrected chi connectivity index (χ3v) is 5.63. The van der Waals surface area contributed by atoms with Crippen LogP contribution in [0.2, 0.25) is 0 Å². The number of hydrogen-bond donors (Lipinski definition) is 2. The van der Waals surface area contributed by atoms with Crippen molar-refractivity contribution in [2.45, 2.75) is 39.7 Å².